The number of unbranched alkanes of at least 4 members (excludes halogenated alkanes) is 3. The summed E-state index contributed by atoms with van der Waals surface area (Å²) >= 11 is 0. The van der Waals surface area contributed by atoms with Crippen molar-refractivity contribution in [2.75, 3.05) is 0 Å². The molecule has 0 fully saturated rings. The van der Waals surface area contributed by atoms with Crippen LogP contribution in [0.25, 0.3) is 0 Å². The summed E-state index contributed by atoms with van der Waals surface area (Å²) in [6, 6.07) is -0.0461. The molecule has 1 atom stereocenters. The zero-order chi connectivity index (χ0) is 14.3. The average Bonchev–Trinajstić information content (AvgIpc) is 2.83. The molecule has 0 aliphatic heterocycles. The van der Waals surface area contributed by atoms with E-state index in [9.17, 15) is 8.42 Å². The van der Waals surface area contributed by atoms with Crippen LogP contribution in [0.5, 0.6) is 0 Å². The standard InChI is InChI=1S/C13H25N3O2S/c1-4-6-7-8-9-11(3)16-19(17,18)13-10-14-12(5-2)15-13/h10-11,16H,4-9H2,1-3H3,(H,14,15). The van der Waals surface area contributed by atoms with E-state index < -0.39 is 10.0 Å². The largest absolute Gasteiger partial charge is 0.332 e. The lowest BCUT2D eigenvalue weighted by molar-refractivity contribution is 0.520. The number of nitrogens with zero attached hydrogens (tertiary/aromatic N) is 1. The smallest absolute Gasteiger partial charge is 0.257 e. The summed E-state index contributed by atoms with van der Waals surface area (Å²) in [5.74, 6) is 0.691. The van der Waals surface area contributed by atoms with Crippen molar-refractivity contribution >= 4 is 10.0 Å². The fourth-order valence-electron chi connectivity index (χ4n) is 1.92. The first-order valence-electron chi connectivity index (χ1n) is 7.05. The Morgan fingerprint density at radius 1 is 1.32 bits per heavy atom. The highest BCUT2D eigenvalue weighted by molar-refractivity contribution is 7.89. The van der Waals surface area contributed by atoms with Crippen LogP contribution in [0.1, 0.15) is 58.7 Å². The molecular formula is C13H25N3O2S. The predicted octanol–water partition coefficient (Wildman–Crippen LogP) is 2.61. The molecule has 0 aromatic carbocycles. The summed E-state index contributed by atoms with van der Waals surface area (Å²) in [6.07, 6.45) is 7.56. The molecule has 1 rings (SSSR count). The molecule has 0 aliphatic rings. The summed E-state index contributed by atoms with van der Waals surface area (Å²) in [4.78, 5) is 6.84. The molecule has 1 aromatic rings. The van der Waals surface area contributed by atoms with Gasteiger partial charge in [0.1, 0.15) is 5.82 Å². The van der Waals surface area contributed by atoms with Crippen LogP contribution < -0.4 is 4.72 Å². The summed E-state index contributed by atoms with van der Waals surface area (Å²) in [7, 11) is -3.46. The maximum absolute atomic E-state index is 12.1. The molecule has 0 aliphatic carbocycles. The number of nitrogens with one attached hydrogen (secondary N) is 2. The molecule has 0 amide bonds. The van der Waals surface area contributed by atoms with Crippen LogP contribution in [0, 0.1) is 0 Å². The number of aryl methyl sites for hydroxylation is 1. The van der Waals surface area contributed by atoms with E-state index in [1.807, 2.05) is 13.8 Å². The normalized spacial score (nSPS) is 13.6. The Morgan fingerprint density at radius 3 is 2.63 bits per heavy atom. The molecular weight excluding hydrogens is 262 g/mol. The van der Waals surface area contributed by atoms with Crippen molar-refractivity contribution in [3.05, 3.63) is 12.0 Å². The van der Waals surface area contributed by atoms with Crippen molar-refractivity contribution in [3.63, 3.8) is 0 Å². The monoisotopic (exact) mass is 287 g/mol. The van der Waals surface area contributed by atoms with Gasteiger partial charge in [-0.2, -0.15) is 0 Å². The van der Waals surface area contributed by atoms with Gasteiger partial charge in [-0.05, 0) is 13.3 Å². The molecule has 0 bridgehead atoms. The lowest BCUT2D eigenvalue weighted by Gasteiger charge is -2.12. The molecule has 0 radical (unpaired) electrons. The van der Waals surface area contributed by atoms with Gasteiger partial charge in [0.2, 0.25) is 0 Å². The van der Waals surface area contributed by atoms with Gasteiger partial charge in [0.05, 0.1) is 6.20 Å². The van der Waals surface area contributed by atoms with Crippen LogP contribution in [0.4, 0.5) is 0 Å². The van der Waals surface area contributed by atoms with Gasteiger partial charge in [0, 0.05) is 12.5 Å². The van der Waals surface area contributed by atoms with Gasteiger partial charge in [0.25, 0.3) is 10.0 Å². The third kappa shape index (κ3) is 5.32. The van der Waals surface area contributed by atoms with E-state index in [-0.39, 0.29) is 11.1 Å². The summed E-state index contributed by atoms with van der Waals surface area (Å²) in [6.45, 7) is 6.00. The second kappa shape index (κ2) is 7.65. The van der Waals surface area contributed by atoms with E-state index in [0.29, 0.717) is 12.2 Å². The van der Waals surface area contributed by atoms with Crippen LogP contribution >= 0.6 is 0 Å². The fourth-order valence-corrected chi connectivity index (χ4v) is 3.14. The quantitative estimate of drug-likeness (QED) is 0.686. The molecule has 0 saturated heterocycles. The lowest BCUT2D eigenvalue weighted by Crippen LogP contribution is -2.32. The third-order valence-corrected chi connectivity index (χ3v) is 4.58. The van der Waals surface area contributed by atoms with Crippen LogP contribution in [0.15, 0.2) is 11.2 Å². The third-order valence-electron chi connectivity index (χ3n) is 3.08. The highest BCUT2D eigenvalue weighted by atomic mass is 32.2. The minimum absolute atomic E-state index is 0.0461. The van der Waals surface area contributed by atoms with Gasteiger partial charge in [-0.1, -0.05) is 39.5 Å². The number of aromatic amines is 1. The minimum Gasteiger partial charge on any atom is -0.332 e. The van der Waals surface area contributed by atoms with Gasteiger partial charge in [-0.15, -0.1) is 0 Å². The number of sulfonamides is 1. The molecule has 1 unspecified atom stereocenters. The number of rotatable bonds is 9. The molecule has 1 aromatic heterocycles. The molecule has 5 nitrogen and oxygen atoms in total. The first kappa shape index (κ1) is 16.2. The number of imidazole rings is 1. The summed E-state index contributed by atoms with van der Waals surface area (Å²) in [5.41, 5.74) is 0. The van der Waals surface area contributed by atoms with E-state index in [0.717, 1.165) is 19.3 Å². The SMILES string of the molecule is CCCCCCC(C)NS(=O)(=O)c1cnc(CC)[nH]1. The zero-order valence-corrected chi connectivity index (χ0v) is 12.9. The van der Waals surface area contributed by atoms with Crippen LogP contribution in [-0.2, 0) is 16.4 Å². The molecule has 1 heterocycles. The maximum atomic E-state index is 12.1. The van der Waals surface area contributed by atoms with Gasteiger partial charge in [-0.25, -0.2) is 18.1 Å². The first-order chi connectivity index (χ1) is 8.99. The summed E-state index contributed by atoms with van der Waals surface area (Å²) in [5, 5.41) is 0.157. The molecule has 2 N–H and O–H groups in total. The van der Waals surface area contributed by atoms with E-state index in [2.05, 4.69) is 21.6 Å². The average molecular weight is 287 g/mol. The molecule has 110 valence electrons. The lowest BCUT2D eigenvalue weighted by atomic mass is 10.1. The molecule has 0 spiro atoms. The van der Waals surface area contributed by atoms with Crippen molar-refractivity contribution < 1.29 is 8.42 Å². The highest BCUT2D eigenvalue weighted by Crippen LogP contribution is 2.10. The van der Waals surface area contributed by atoms with Crippen LogP contribution in [0.3, 0.4) is 0 Å². The predicted molar refractivity (Wildman–Crippen MR) is 76.5 cm³/mol. The van der Waals surface area contributed by atoms with Crippen molar-refractivity contribution in [2.24, 2.45) is 0 Å². The van der Waals surface area contributed by atoms with Crippen molar-refractivity contribution in [3.8, 4) is 0 Å². The Morgan fingerprint density at radius 2 is 2.05 bits per heavy atom. The van der Waals surface area contributed by atoms with Gasteiger partial charge < -0.3 is 4.98 Å². The van der Waals surface area contributed by atoms with Gasteiger partial charge in [-0.3, -0.25) is 0 Å². The van der Waals surface area contributed by atoms with E-state index >= 15 is 0 Å². The van der Waals surface area contributed by atoms with Crippen LogP contribution in [-0.4, -0.2) is 24.4 Å². The summed E-state index contributed by atoms with van der Waals surface area (Å²) < 4.78 is 26.8. The van der Waals surface area contributed by atoms with E-state index in [4.69, 9.17) is 0 Å². The minimum atomic E-state index is -3.46. The second-order valence-electron chi connectivity index (χ2n) is 4.92. The van der Waals surface area contributed by atoms with Gasteiger partial charge in [0.15, 0.2) is 5.03 Å². The van der Waals surface area contributed by atoms with E-state index in [1.54, 1.807) is 0 Å². The van der Waals surface area contributed by atoms with Crippen molar-refractivity contribution in [1.82, 2.24) is 14.7 Å². The zero-order valence-electron chi connectivity index (χ0n) is 12.1. The highest BCUT2D eigenvalue weighted by Gasteiger charge is 2.19. The maximum Gasteiger partial charge on any atom is 0.257 e. The Kier molecular flexibility index (Phi) is 6.51. The Hall–Kier alpha value is -0.880. The Balaban J connectivity index is 2.49. The Bertz CT molecular complexity index is 468. The van der Waals surface area contributed by atoms with E-state index in [1.165, 1.54) is 19.0 Å². The number of H-pyrrole nitrogens is 1. The molecule has 6 heteroatoms. The fraction of sp³-hybridized carbons (Fsp3) is 0.769. The van der Waals surface area contributed by atoms with Gasteiger partial charge >= 0.3 is 0 Å². The number of hydrogen-bond acceptors (Lipinski definition) is 3. The number of aromatic nitrogens is 2. The first-order valence-corrected chi connectivity index (χ1v) is 8.54. The van der Waals surface area contributed by atoms with Crippen molar-refractivity contribution in [1.29, 1.82) is 0 Å². The van der Waals surface area contributed by atoms with Crippen LogP contribution in [0.2, 0.25) is 0 Å². The molecule has 0 saturated carbocycles. The molecule has 19 heavy (non-hydrogen) atoms. The number of hydrogen-bond donors (Lipinski definition) is 2. The second-order valence-corrected chi connectivity index (χ2v) is 6.60. The topological polar surface area (TPSA) is 74.8 Å². The van der Waals surface area contributed by atoms with Crippen molar-refractivity contribution in [2.45, 2.75) is 70.4 Å². The Labute approximate surface area is 116 Å².